The van der Waals surface area contributed by atoms with Gasteiger partial charge >= 0.3 is 0 Å². The predicted molar refractivity (Wildman–Crippen MR) is 101 cm³/mol. The molecule has 6 nitrogen and oxygen atoms in total. The van der Waals surface area contributed by atoms with E-state index in [0.29, 0.717) is 32.8 Å². The van der Waals surface area contributed by atoms with Gasteiger partial charge in [-0.15, -0.1) is 0 Å². The van der Waals surface area contributed by atoms with E-state index in [2.05, 4.69) is 6.92 Å². The Morgan fingerprint density at radius 1 is 1.11 bits per heavy atom. The number of carbonyl (C=O) groups is 2. The van der Waals surface area contributed by atoms with Crippen LogP contribution >= 0.6 is 0 Å². The zero-order chi connectivity index (χ0) is 19.4. The Morgan fingerprint density at radius 2 is 1.78 bits per heavy atom. The molecule has 1 aromatic rings. The lowest BCUT2D eigenvalue weighted by Gasteiger charge is -2.54. The van der Waals surface area contributed by atoms with E-state index in [1.54, 1.807) is 4.90 Å². The first-order valence-corrected chi connectivity index (χ1v) is 9.62. The van der Waals surface area contributed by atoms with Crippen LogP contribution in [0.3, 0.4) is 0 Å². The van der Waals surface area contributed by atoms with Crippen molar-refractivity contribution >= 4 is 17.5 Å². The van der Waals surface area contributed by atoms with Gasteiger partial charge in [0.2, 0.25) is 11.8 Å². The summed E-state index contributed by atoms with van der Waals surface area (Å²) in [4.78, 5) is 29.0. The highest BCUT2D eigenvalue weighted by Crippen LogP contribution is 2.39. The number of amides is 2. The van der Waals surface area contributed by atoms with Crippen molar-refractivity contribution in [3.63, 3.8) is 0 Å². The lowest BCUT2D eigenvalue weighted by atomic mass is 9.79. The number of hydrogen-bond donors (Lipinski definition) is 0. The summed E-state index contributed by atoms with van der Waals surface area (Å²) in [5.74, 6) is -0.707. The number of rotatable bonds is 2. The minimum Gasteiger partial charge on any atom is -0.350 e. The molecule has 4 rings (SSSR count). The second-order valence-corrected chi connectivity index (χ2v) is 8.85. The standard InChI is InChI=1S/C21H28N2O4/c1-14-5-6-17(7-15(14)2)23-9-16(8-18(23)24)19(25)22-10-21(11-22)12-26-20(3,4)27-13-21/h5-7,16H,8-13H2,1-4H3. The number of hydrogen-bond acceptors (Lipinski definition) is 4. The van der Waals surface area contributed by atoms with E-state index in [0.717, 1.165) is 11.3 Å². The van der Waals surface area contributed by atoms with Crippen molar-refractivity contribution in [2.75, 3.05) is 37.7 Å². The molecule has 146 valence electrons. The third kappa shape index (κ3) is 3.36. The summed E-state index contributed by atoms with van der Waals surface area (Å²) in [6, 6.07) is 6.01. The highest BCUT2D eigenvalue weighted by atomic mass is 16.7. The Morgan fingerprint density at radius 3 is 2.41 bits per heavy atom. The van der Waals surface area contributed by atoms with Gasteiger partial charge in [0.25, 0.3) is 0 Å². The van der Waals surface area contributed by atoms with Gasteiger partial charge in [-0.2, -0.15) is 0 Å². The van der Waals surface area contributed by atoms with E-state index in [4.69, 9.17) is 9.47 Å². The number of anilines is 1. The topological polar surface area (TPSA) is 59.1 Å². The van der Waals surface area contributed by atoms with Crippen LogP contribution < -0.4 is 4.90 Å². The first-order valence-electron chi connectivity index (χ1n) is 9.62. The summed E-state index contributed by atoms with van der Waals surface area (Å²) >= 11 is 0. The molecule has 0 N–H and O–H groups in total. The molecule has 3 aliphatic heterocycles. The van der Waals surface area contributed by atoms with Gasteiger partial charge in [-0.05, 0) is 51.0 Å². The molecule has 3 saturated heterocycles. The van der Waals surface area contributed by atoms with Gasteiger partial charge in [-0.1, -0.05) is 6.07 Å². The largest absolute Gasteiger partial charge is 0.350 e. The maximum atomic E-state index is 12.9. The Hall–Kier alpha value is -1.92. The summed E-state index contributed by atoms with van der Waals surface area (Å²) < 4.78 is 11.5. The van der Waals surface area contributed by atoms with Crippen molar-refractivity contribution < 1.29 is 19.1 Å². The second kappa shape index (κ2) is 6.31. The molecule has 1 atom stereocenters. The number of benzene rings is 1. The summed E-state index contributed by atoms with van der Waals surface area (Å²) in [5.41, 5.74) is 3.15. The minimum absolute atomic E-state index is 0.0259. The zero-order valence-corrected chi connectivity index (χ0v) is 16.6. The molecule has 0 radical (unpaired) electrons. The zero-order valence-electron chi connectivity index (χ0n) is 16.6. The number of likely N-dealkylation sites (tertiary alicyclic amines) is 1. The lowest BCUT2D eigenvalue weighted by molar-refractivity contribution is -0.303. The SMILES string of the molecule is Cc1ccc(N2CC(C(=O)N3CC4(COC(C)(C)OC4)C3)CC2=O)cc1C. The van der Waals surface area contributed by atoms with Crippen LogP contribution in [-0.2, 0) is 19.1 Å². The molecule has 27 heavy (non-hydrogen) atoms. The quantitative estimate of drug-likeness (QED) is 0.799. The van der Waals surface area contributed by atoms with Crippen molar-refractivity contribution in [2.45, 2.75) is 39.9 Å². The Bertz CT molecular complexity index is 770. The van der Waals surface area contributed by atoms with Crippen molar-refractivity contribution in [2.24, 2.45) is 11.3 Å². The van der Waals surface area contributed by atoms with Gasteiger partial charge in [0.05, 0.1) is 24.5 Å². The van der Waals surface area contributed by atoms with Gasteiger partial charge < -0.3 is 19.3 Å². The molecule has 0 aromatic heterocycles. The fourth-order valence-electron chi connectivity index (χ4n) is 4.11. The number of carbonyl (C=O) groups excluding carboxylic acids is 2. The summed E-state index contributed by atoms with van der Waals surface area (Å²) in [5, 5.41) is 0. The highest BCUT2D eigenvalue weighted by Gasteiger charge is 2.51. The molecule has 0 saturated carbocycles. The predicted octanol–water partition coefficient (Wildman–Crippen LogP) is 2.27. The Kier molecular flexibility index (Phi) is 4.31. The van der Waals surface area contributed by atoms with Gasteiger partial charge in [-0.25, -0.2) is 0 Å². The third-order valence-corrected chi connectivity index (χ3v) is 6.09. The average molecular weight is 372 g/mol. The molecule has 1 unspecified atom stereocenters. The van der Waals surface area contributed by atoms with Crippen LogP contribution in [0.2, 0.25) is 0 Å². The normalized spacial score (nSPS) is 26.4. The van der Waals surface area contributed by atoms with Crippen molar-refractivity contribution in [3.8, 4) is 0 Å². The molecule has 6 heteroatoms. The van der Waals surface area contributed by atoms with E-state index in [1.165, 1.54) is 5.56 Å². The van der Waals surface area contributed by atoms with Crippen LogP contribution in [0.4, 0.5) is 5.69 Å². The van der Waals surface area contributed by atoms with Crippen LogP contribution in [0.1, 0.15) is 31.4 Å². The molecule has 2 amide bonds. The lowest BCUT2D eigenvalue weighted by Crippen LogP contribution is -2.66. The van der Waals surface area contributed by atoms with Crippen LogP contribution in [0.5, 0.6) is 0 Å². The van der Waals surface area contributed by atoms with E-state index >= 15 is 0 Å². The fraction of sp³-hybridized carbons (Fsp3) is 0.619. The second-order valence-electron chi connectivity index (χ2n) is 8.85. The fourth-order valence-corrected chi connectivity index (χ4v) is 4.11. The molecule has 1 aromatic carbocycles. The molecule has 1 spiro atoms. The number of nitrogens with zero attached hydrogens (tertiary/aromatic N) is 2. The minimum atomic E-state index is -0.541. The van der Waals surface area contributed by atoms with Crippen molar-refractivity contribution in [1.29, 1.82) is 0 Å². The number of aryl methyl sites for hydroxylation is 2. The van der Waals surface area contributed by atoms with Crippen LogP contribution in [0, 0.1) is 25.2 Å². The molecular weight excluding hydrogens is 344 g/mol. The average Bonchev–Trinajstić information content (AvgIpc) is 2.97. The number of ether oxygens (including phenoxy) is 2. The van der Waals surface area contributed by atoms with E-state index in [1.807, 2.05) is 43.9 Å². The molecule has 0 bridgehead atoms. The van der Waals surface area contributed by atoms with E-state index in [9.17, 15) is 9.59 Å². The van der Waals surface area contributed by atoms with Gasteiger partial charge in [0.1, 0.15) is 0 Å². The monoisotopic (exact) mass is 372 g/mol. The van der Waals surface area contributed by atoms with Gasteiger partial charge in [0, 0.05) is 31.7 Å². The molecule has 3 aliphatic rings. The summed E-state index contributed by atoms with van der Waals surface area (Å²) in [6.07, 6.45) is 0.287. The summed E-state index contributed by atoms with van der Waals surface area (Å²) in [7, 11) is 0. The van der Waals surface area contributed by atoms with Crippen LogP contribution in [0.15, 0.2) is 18.2 Å². The molecule has 3 heterocycles. The maximum absolute atomic E-state index is 12.9. The third-order valence-electron chi connectivity index (χ3n) is 6.09. The highest BCUT2D eigenvalue weighted by molar-refractivity contribution is 6.00. The maximum Gasteiger partial charge on any atom is 0.228 e. The van der Waals surface area contributed by atoms with Crippen molar-refractivity contribution in [1.82, 2.24) is 4.90 Å². The van der Waals surface area contributed by atoms with Gasteiger partial charge in [-0.3, -0.25) is 9.59 Å². The Balaban J connectivity index is 1.37. The summed E-state index contributed by atoms with van der Waals surface area (Å²) in [6.45, 7) is 10.9. The first kappa shape index (κ1) is 18.4. The van der Waals surface area contributed by atoms with E-state index in [-0.39, 0.29) is 29.6 Å². The molecule has 3 fully saturated rings. The molecular formula is C21H28N2O4. The van der Waals surface area contributed by atoms with Gasteiger partial charge in [0.15, 0.2) is 5.79 Å². The van der Waals surface area contributed by atoms with E-state index < -0.39 is 5.79 Å². The van der Waals surface area contributed by atoms with Crippen LogP contribution in [-0.4, -0.2) is 55.3 Å². The first-order chi connectivity index (χ1) is 12.7. The van der Waals surface area contributed by atoms with Crippen LogP contribution in [0.25, 0.3) is 0 Å². The molecule has 0 aliphatic carbocycles. The van der Waals surface area contributed by atoms with Crippen molar-refractivity contribution in [3.05, 3.63) is 29.3 Å². The smallest absolute Gasteiger partial charge is 0.228 e. The Labute approximate surface area is 160 Å².